The van der Waals surface area contributed by atoms with E-state index >= 15 is 0 Å². The molecule has 0 bridgehead atoms. The smallest absolute Gasteiger partial charge is 0.165 e. The van der Waals surface area contributed by atoms with Crippen LogP contribution >= 0.6 is 12.4 Å². The van der Waals surface area contributed by atoms with Gasteiger partial charge in [-0.2, -0.15) is 0 Å². The Morgan fingerprint density at radius 3 is 2.63 bits per heavy atom. The first kappa shape index (κ1) is 18.0. The fourth-order valence-corrected chi connectivity index (χ4v) is 1.73. The van der Waals surface area contributed by atoms with Crippen molar-refractivity contribution in [3.05, 3.63) is 23.8 Å². The molecule has 0 amide bonds. The van der Waals surface area contributed by atoms with E-state index in [0.717, 1.165) is 43.2 Å². The predicted octanol–water partition coefficient (Wildman–Crippen LogP) is 2.64. The monoisotopic (exact) mass is 289 g/mol. The van der Waals surface area contributed by atoms with Crippen LogP contribution in [0.3, 0.4) is 0 Å². The lowest BCUT2D eigenvalue weighted by Crippen LogP contribution is -2.17. The highest BCUT2D eigenvalue weighted by molar-refractivity contribution is 5.85. The molecule has 110 valence electrons. The third kappa shape index (κ3) is 6.14. The molecular formula is C14H24ClNO3. The Morgan fingerprint density at radius 1 is 1.21 bits per heavy atom. The predicted molar refractivity (Wildman–Crippen MR) is 79.6 cm³/mol. The molecule has 0 spiro atoms. The second kappa shape index (κ2) is 10.9. The third-order valence-electron chi connectivity index (χ3n) is 2.59. The Balaban J connectivity index is 0.00000324. The average Bonchev–Trinajstić information content (AvgIpc) is 2.40. The maximum absolute atomic E-state index is 5.65. The number of hydrogen-bond donors (Lipinski definition) is 1. The summed E-state index contributed by atoms with van der Waals surface area (Å²) in [5.41, 5.74) is 1.12. The van der Waals surface area contributed by atoms with E-state index in [1.54, 1.807) is 14.2 Å². The van der Waals surface area contributed by atoms with Gasteiger partial charge in [0.15, 0.2) is 11.5 Å². The molecule has 0 aromatic heterocycles. The summed E-state index contributed by atoms with van der Waals surface area (Å²) >= 11 is 0. The van der Waals surface area contributed by atoms with E-state index in [-0.39, 0.29) is 12.4 Å². The molecule has 0 aliphatic rings. The van der Waals surface area contributed by atoms with Gasteiger partial charge in [-0.25, -0.2) is 0 Å². The maximum Gasteiger partial charge on any atom is 0.165 e. The van der Waals surface area contributed by atoms with Crippen LogP contribution in [-0.4, -0.2) is 34.0 Å². The second-order valence-electron chi connectivity index (χ2n) is 3.90. The van der Waals surface area contributed by atoms with Crippen molar-refractivity contribution in [3.63, 3.8) is 0 Å². The van der Waals surface area contributed by atoms with Crippen molar-refractivity contribution in [2.75, 3.05) is 34.0 Å². The van der Waals surface area contributed by atoms with Gasteiger partial charge in [-0.1, -0.05) is 12.1 Å². The van der Waals surface area contributed by atoms with E-state index in [1.807, 2.05) is 19.1 Å². The molecule has 0 atom stereocenters. The number of nitrogens with one attached hydrogen (secondary N) is 1. The molecule has 1 rings (SSSR count). The number of hydrogen-bond acceptors (Lipinski definition) is 4. The summed E-state index contributed by atoms with van der Waals surface area (Å²) in [6.07, 6.45) is 1.00. The summed E-state index contributed by atoms with van der Waals surface area (Å²) in [6, 6.07) is 5.95. The van der Waals surface area contributed by atoms with Gasteiger partial charge in [0.05, 0.1) is 13.7 Å². The Labute approximate surface area is 121 Å². The molecule has 1 N–H and O–H groups in total. The highest BCUT2D eigenvalue weighted by Crippen LogP contribution is 2.30. The standard InChI is InChI=1S/C14H23NO3.ClH/c1-4-18-14-12(7-5-8-13(14)17-3)11-15-9-6-10-16-2;/h5,7-8,15H,4,6,9-11H2,1-3H3;1H. The Morgan fingerprint density at radius 2 is 2.00 bits per heavy atom. The average molecular weight is 290 g/mol. The SMILES string of the molecule is CCOc1c(CNCCCOC)cccc1OC.Cl. The van der Waals surface area contributed by atoms with E-state index in [2.05, 4.69) is 11.4 Å². The van der Waals surface area contributed by atoms with E-state index in [1.165, 1.54) is 0 Å². The maximum atomic E-state index is 5.65. The van der Waals surface area contributed by atoms with Gasteiger partial charge >= 0.3 is 0 Å². The van der Waals surface area contributed by atoms with Crippen LogP contribution < -0.4 is 14.8 Å². The summed E-state index contributed by atoms with van der Waals surface area (Å²) < 4.78 is 16.0. The minimum atomic E-state index is 0. The van der Waals surface area contributed by atoms with E-state index in [0.29, 0.717) is 6.61 Å². The lowest BCUT2D eigenvalue weighted by molar-refractivity contribution is 0.194. The largest absolute Gasteiger partial charge is 0.493 e. The molecule has 0 aliphatic carbocycles. The van der Waals surface area contributed by atoms with Crippen LogP contribution in [0.1, 0.15) is 18.9 Å². The fraction of sp³-hybridized carbons (Fsp3) is 0.571. The molecule has 0 unspecified atom stereocenters. The quantitative estimate of drug-likeness (QED) is 0.710. The van der Waals surface area contributed by atoms with E-state index in [9.17, 15) is 0 Å². The molecule has 4 nitrogen and oxygen atoms in total. The summed E-state index contributed by atoms with van der Waals surface area (Å²) in [6.45, 7) is 5.09. The number of methoxy groups -OCH3 is 2. The molecule has 0 radical (unpaired) electrons. The Bertz CT molecular complexity index is 347. The Kier molecular flexibility index (Phi) is 10.4. The van der Waals surface area contributed by atoms with Crippen LogP contribution in [-0.2, 0) is 11.3 Å². The van der Waals surface area contributed by atoms with Crippen molar-refractivity contribution in [1.82, 2.24) is 5.32 Å². The van der Waals surface area contributed by atoms with Gasteiger partial charge in [0, 0.05) is 25.8 Å². The van der Waals surface area contributed by atoms with Gasteiger partial charge < -0.3 is 19.5 Å². The molecule has 19 heavy (non-hydrogen) atoms. The van der Waals surface area contributed by atoms with Crippen LogP contribution in [0.5, 0.6) is 11.5 Å². The zero-order valence-corrected chi connectivity index (χ0v) is 12.7. The van der Waals surface area contributed by atoms with Gasteiger partial charge in [0.25, 0.3) is 0 Å². The zero-order chi connectivity index (χ0) is 13.2. The molecule has 0 saturated heterocycles. The molecule has 0 heterocycles. The number of ether oxygens (including phenoxy) is 3. The first-order valence-corrected chi connectivity index (χ1v) is 6.31. The van der Waals surface area contributed by atoms with Crippen LogP contribution in [0.15, 0.2) is 18.2 Å². The van der Waals surface area contributed by atoms with Gasteiger partial charge in [-0.15, -0.1) is 12.4 Å². The minimum absolute atomic E-state index is 0. The van der Waals surface area contributed by atoms with Crippen molar-refractivity contribution >= 4 is 12.4 Å². The Hall–Kier alpha value is -0.970. The molecular weight excluding hydrogens is 266 g/mol. The highest BCUT2D eigenvalue weighted by atomic mass is 35.5. The number of benzene rings is 1. The summed E-state index contributed by atoms with van der Waals surface area (Å²) in [5, 5.41) is 3.37. The molecule has 0 fully saturated rings. The number of para-hydroxylation sites is 1. The summed E-state index contributed by atoms with van der Waals surface area (Å²) in [7, 11) is 3.38. The zero-order valence-electron chi connectivity index (χ0n) is 11.9. The molecule has 0 saturated carbocycles. The van der Waals surface area contributed by atoms with Crippen LogP contribution in [0.25, 0.3) is 0 Å². The minimum Gasteiger partial charge on any atom is -0.493 e. The molecule has 5 heteroatoms. The lowest BCUT2D eigenvalue weighted by Gasteiger charge is -2.14. The van der Waals surface area contributed by atoms with Crippen molar-refractivity contribution in [2.45, 2.75) is 19.9 Å². The molecule has 0 aliphatic heterocycles. The molecule has 1 aromatic carbocycles. The van der Waals surface area contributed by atoms with Crippen molar-refractivity contribution in [3.8, 4) is 11.5 Å². The first-order chi connectivity index (χ1) is 8.83. The van der Waals surface area contributed by atoms with Crippen LogP contribution in [0, 0.1) is 0 Å². The highest BCUT2D eigenvalue weighted by Gasteiger charge is 2.09. The van der Waals surface area contributed by atoms with Crippen molar-refractivity contribution in [1.29, 1.82) is 0 Å². The van der Waals surface area contributed by atoms with Crippen LogP contribution in [0.4, 0.5) is 0 Å². The second-order valence-corrected chi connectivity index (χ2v) is 3.90. The topological polar surface area (TPSA) is 39.7 Å². The summed E-state index contributed by atoms with van der Waals surface area (Å²) in [5.74, 6) is 1.62. The first-order valence-electron chi connectivity index (χ1n) is 6.31. The number of halogens is 1. The summed E-state index contributed by atoms with van der Waals surface area (Å²) in [4.78, 5) is 0. The van der Waals surface area contributed by atoms with Gasteiger partial charge in [0.1, 0.15) is 0 Å². The van der Waals surface area contributed by atoms with Gasteiger partial charge in [-0.05, 0) is 26.0 Å². The molecule has 1 aromatic rings. The van der Waals surface area contributed by atoms with Gasteiger partial charge in [0.2, 0.25) is 0 Å². The van der Waals surface area contributed by atoms with E-state index < -0.39 is 0 Å². The van der Waals surface area contributed by atoms with Gasteiger partial charge in [-0.3, -0.25) is 0 Å². The number of rotatable bonds is 9. The normalized spacial score (nSPS) is 9.84. The van der Waals surface area contributed by atoms with Crippen molar-refractivity contribution < 1.29 is 14.2 Å². The third-order valence-corrected chi connectivity index (χ3v) is 2.59. The van der Waals surface area contributed by atoms with E-state index in [4.69, 9.17) is 14.2 Å². The van der Waals surface area contributed by atoms with Crippen LogP contribution in [0.2, 0.25) is 0 Å². The fourth-order valence-electron chi connectivity index (χ4n) is 1.73. The lowest BCUT2D eigenvalue weighted by atomic mass is 10.2. The van der Waals surface area contributed by atoms with Crippen molar-refractivity contribution in [2.24, 2.45) is 0 Å².